The van der Waals surface area contributed by atoms with E-state index in [1.807, 2.05) is 146 Å². The van der Waals surface area contributed by atoms with E-state index in [0.29, 0.717) is 22.3 Å². The minimum absolute atomic E-state index is 0.478. The smallest absolute Gasteiger partial charge is 0.151 e. The number of para-hydroxylation sites is 8. The topological polar surface area (TPSA) is 72.5 Å². The highest BCUT2D eigenvalue weighted by atomic mass is 16.5. The van der Waals surface area contributed by atoms with E-state index in [2.05, 4.69) is 34.1 Å². The predicted molar refractivity (Wildman–Crippen MR) is 196 cm³/mol. The summed E-state index contributed by atoms with van der Waals surface area (Å²) < 4.78 is 12.4. The van der Waals surface area contributed by atoms with E-state index < -0.39 is 0 Å². The fraction of sp³-hybridized carbons (Fsp3) is 0. The molecule has 0 unspecified atom stereocenters. The fourth-order valence-corrected chi connectivity index (χ4v) is 6.85. The summed E-state index contributed by atoms with van der Waals surface area (Å²) in [6.07, 6.45) is 0. The van der Waals surface area contributed by atoms with Gasteiger partial charge in [-0.05, 0) is 96.1 Å². The molecule has 0 fully saturated rings. The Bertz CT molecular complexity index is 2290. The molecule has 2 heterocycles. The Balaban J connectivity index is 1.14. The van der Waals surface area contributed by atoms with E-state index in [9.17, 15) is 10.5 Å². The molecule has 6 nitrogen and oxygen atoms in total. The molecule has 0 aromatic heterocycles. The van der Waals surface area contributed by atoms with Crippen molar-refractivity contribution < 1.29 is 9.47 Å². The van der Waals surface area contributed by atoms with Gasteiger partial charge < -0.3 is 19.3 Å². The molecule has 2 aliphatic rings. The van der Waals surface area contributed by atoms with Crippen molar-refractivity contribution >= 4 is 34.1 Å². The van der Waals surface area contributed by atoms with Crippen LogP contribution in [0.2, 0.25) is 0 Å². The summed E-state index contributed by atoms with van der Waals surface area (Å²) in [6, 6.07) is 56.4. The maximum absolute atomic E-state index is 10.5. The summed E-state index contributed by atoms with van der Waals surface area (Å²) in [5.41, 5.74) is 9.50. The van der Waals surface area contributed by atoms with E-state index >= 15 is 0 Å². The molecule has 0 saturated heterocycles. The van der Waals surface area contributed by atoms with Crippen molar-refractivity contribution in [1.82, 2.24) is 0 Å². The molecule has 50 heavy (non-hydrogen) atoms. The molecule has 0 amide bonds. The predicted octanol–water partition coefficient (Wildman–Crippen LogP) is 11.9. The summed E-state index contributed by atoms with van der Waals surface area (Å²) >= 11 is 0. The zero-order valence-electron chi connectivity index (χ0n) is 26.6. The molecule has 0 radical (unpaired) electrons. The molecule has 2 aliphatic heterocycles. The van der Waals surface area contributed by atoms with E-state index in [4.69, 9.17) is 9.47 Å². The summed E-state index contributed by atoms with van der Waals surface area (Å²) in [5.74, 6) is 3.04. The van der Waals surface area contributed by atoms with Crippen LogP contribution in [-0.4, -0.2) is 0 Å². The van der Waals surface area contributed by atoms with Gasteiger partial charge in [0.15, 0.2) is 23.0 Å². The highest BCUT2D eigenvalue weighted by Gasteiger charge is 2.27. The molecule has 0 N–H and O–H groups in total. The molecule has 7 aromatic rings. The van der Waals surface area contributed by atoms with Crippen molar-refractivity contribution in [2.24, 2.45) is 0 Å². The van der Waals surface area contributed by atoms with Gasteiger partial charge in [0.25, 0.3) is 0 Å². The summed E-state index contributed by atoms with van der Waals surface area (Å²) in [4.78, 5) is 4.33. The van der Waals surface area contributed by atoms with E-state index in [1.165, 1.54) is 0 Å². The molecule has 0 atom stereocenters. The van der Waals surface area contributed by atoms with Crippen molar-refractivity contribution in [1.29, 1.82) is 10.5 Å². The number of anilines is 6. The van der Waals surface area contributed by atoms with Gasteiger partial charge in [-0.3, -0.25) is 0 Å². The normalized spacial score (nSPS) is 12.2. The van der Waals surface area contributed by atoms with Crippen LogP contribution in [0.5, 0.6) is 23.0 Å². The molecule has 7 aromatic carbocycles. The third kappa shape index (κ3) is 4.72. The second-order valence-corrected chi connectivity index (χ2v) is 12.0. The van der Waals surface area contributed by atoms with Gasteiger partial charge in [0.05, 0.1) is 46.0 Å². The zero-order valence-corrected chi connectivity index (χ0v) is 26.6. The summed E-state index contributed by atoms with van der Waals surface area (Å²) in [5, 5.41) is 21.0. The Morgan fingerprint density at radius 2 is 0.720 bits per heavy atom. The first-order valence-electron chi connectivity index (χ1n) is 16.2. The van der Waals surface area contributed by atoms with Crippen LogP contribution in [0.3, 0.4) is 0 Å². The zero-order chi connectivity index (χ0) is 33.6. The van der Waals surface area contributed by atoms with E-state index in [1.54, 1.807) is 0 Å². The van der Waals surface area contributed by atoms with Crippen LogP contribution in [0.15, 0.2) is 158 Å². The number of nitriles is 2. The van der Waals surface area contributed by atoms with Gasteiger partial charge in [-0.2, -0.15) is 10.5 Å². The lowest BCUT2D eigenvalue weighted by Gasteiger charge is -2.33. The van der Waals surface area contributed by atoms with Gasteiger partial charge in [-0.1, -0.05) is 72.8 Å². The Morgan fingerprint density at radius 1 is 0.380 bits per heavy atom. The molecule has 0 bridgehead atoms. The minimum Gasteiger partial charge on any atom is -0.453 e. The number of benzene rings is 7. The number of ether oxygens (including phenoxy) is 2. The largest absolute Gasteiger partial charge is 0.453 e. The van der Waals surface area contributed by atoms with Crippen LogP contribution in [0.1, 0.15) is 11.1 Å². The monoisotopic (exact) mass is 642 g/mol. The third-order valence-corrected chi connectivity index (χ3v) is 9.09. The lowest BCUT2D eigenvalue weighted by atomic mass is 9.91. The first-order valence-corrected chi connectivity index (χ1v) is 16.2. The number of fused-ring (bicyclic) bond motifs is 4. The SMILES string of the molecule is N#Cc1cc(-c2cccc(N3c4ccccc4Oc4ccccc43)c2)c(C#N)cc1-c1cccc(N2c3ccccc3Oc3ccccc32)c1. The van der Waals surface area contributed by atoms with Crippen molar-refractivity contribution in [3.8, 4) is 57.4 Å². The van der Waals surface area contributed by atoms with Gasteiger partial charge in [0.2, 0.25) is 0 Å². The lowest BCUT2D eigenvalue weighted by Crippen LogP contribution is -2.15. The minimum atomic E-state index is 0.478. The summed E-state index contributed by atoms with van der Waals surface area (Å²) in [7, 11) is 0. The molecule has 0 spiro atoms. The van der Waals surface area contributed by atoms with Crippen LogP contribution in [-0.2, 0) is 0 Å². The third-order valence-electron chi connectivity index (χ3n) is 9.09. The molecule has 0 saturated carbocycles. The average Bonchev–Trinajstić information content (AvgIpc) is 3.18. The molecule has 234 valence electrons. The maximum atomic E-state index is 10.5. The van der Waals surface area contributed by atoms with Gasteiger partial charge >= 0.3 is 0 Å². The van der Waals surface area contributed by atoms with Crippen molar-refractivity contribution in [2.75, 3.05) is 9.80 Å². The highest BCUT2D eigenvalue weighted by Crippen LogP contribution is 2.52. The second-order valence-electron chi connectivity index (χ2n) is 12.0. The number of hydrogen-bond donors (Lipinski definition) is 0. The van der Waals surface area contributed by atoms with Crippen LogP contribution in [0.4, 0.5) is 34.1 Å². The lowest BCUT2D eigenvalue weighted by molar-refractivity contribution is 0.477. The quantitative estimate of drug-likeness (QED) is 0.190. The van der Waals surface area contributed by atoms with Gasteiger partial charge in [-0.25, -0.2) is 0 Å². The van der Waals surface area contributed by atoms with Crippen LogP contribution < -0.4 is 19.3 Å². The number of rotatable bonds is 4. The van der Waals surface area contributed by atoms with Crippen LogP contribution >= 0.6 is 0 Å². The Morgan fingerprint density at radius 3 is 1.06 bits per heavy atom. The Hall–Kier alpha value is -7.28. The molecule has 0 aliphatic carbocycles. The van der Waals surface area contributed by atoms with Crippen LogP contribution in [0, 0.1) is 22.7 Å². The average molecular weight is 643 g/mol. The molecular weight excluding hydrogens is 617 g/mol. The molecule has 9 rings (SSSR count). The first-order chi connectivity index (χ1) is 24.7. The van der Waals surface area contributed by atoms with Crippen LogP contribution in [0.25, 0.3) is 22.3 Å². The van der Waals surface area contributed by atoms with E-state index in [-0.39, 0.29) is 0 Å². The molecular formula is C44H26N4O2. The van der Waals surface area contributed by atoms with Gasteiger partial charge in [0, 0.05) is 22.5 Å². The number of hydrogen-bond acceptors (Lipinski definition) is 6. The first kappa shape index (κ1) is 28.9. The number of nitrogens with zero attached hydrogens (tertiary/aromatic N) is 4. The van der Waals surface area contributed by atoms with E-state index in [0.717, 1.165) is 68.2 Å². The Kier molecular flexibility index (Phi) is 6.79. The maximum Gasteiger partial charge on any atom is 0.151 e. The Labute approximate surface area is 289 Å². The highest BCUT2D eigenvalue weighted by molar-refractivity contribution is 5.91. The van der Waals surface area contributed by atoms with Gasteiger partial charge in [-0.15, -0.1) is 0 Å². The molecule has 6 heteroatoms. The van der Waals surface area contributed by atoms with Crippen molar-refractivity contribution in [3.63, 3.8) is 0 Å². The summed E-state index contributed by atoms with van der Waals surface area (Å²) in [6.45, 7) is 0. The fourth-order valence-electron chi connectivity index (χ4n) is 6.85. The standard InChI is InChI=1S/C44H26N4O2/c45-27-31-26-36(30-12-10-14-34(24-30)48-39-17-3-7-21-43(39)50-44-22-8-4-18-40(44)48)32(28-46)25-35(31)29-11-9-13-33(23-29)47-37-15-1-5-19-41(37)49-42-20-6-2-16-38(42)47/h1-26H. The van der Waals surface area contributed by atoms with Crippen molar-refractivity contribution in [3.05, 3.63) is 169 Å². The second kappa shape index (κ2) is 11.8. The van der Waals surface area contributed by atoms with Crippen molar-refractivity contribution in [2.45, 2.75) is 0 Å². The van der Waals surface area contributed by atoms with Gasteiger partial charge in [0.1, 0.15) is 0 Å².